The molecule has 0 saturated heterocycles. The van der Waals surface area contributed by atoms with Crippen LogP contribution in [0, 0.1) is 0 Å². The van der Waals surface area contributed by atoms with Crippen LogP contribution >= 0.6 is 0 Å². The molecule has 0 radical (unpaired) electrons. The predicted molar refractivity (Wildman–Crippen MR) is 57.9 cm³/mol. The van der Waals surface area contributed by atoms with Crippen molar-refractivity contribution in [1.82, 2.24) is 0 Å². The molecule has 0 spiro atoms. The number of amides is 1. The molecule has 1 unspecified atom stereocenters. The van der Waals surface area contributed by atoms with E-state index >= 15 is 0 Å². The summed E-state index contributed by atoms with van der Waals surface area (Å²) in [6.45, 7) is 2.84. The maximum Gasteiger partial charge on any atom is 0.236 e. The number of fused-ring (bicyclic) bond motifs is 1. The molecule has 1 heterocycles. The molecule has 80 valence electrons. The second-order valence-electron chi connectivity index (χ2n) is 3.72. The van der Waals surface area contributed by atoms with E-state index in [4.69, 9.17) is 10.5 Å². The molecule has 1 aliphatic heterocycles. The van der Waals surface area contributed by atoms with Gasteiger partial charge in [-0.3, -0.25) is 4.79 Å². The highest BCUT2D eigenvalue weighted by Crippen LogP contribution is 2.32. The van der Waals surface area contributed by atoms with E-state index in [0.29, 0.717) is 6.61 Å². The number of para-hydroxylation sites is 2. The van der Waals surface area contributed by atoms with Crippen molar-refractivity contribution in [3.8, 4) is 5.75 Å². The number of hydrogen-bond acceptors (Lipinski definition) is 3. The average Bonchev–Trinajstić information content (AvgIpc) is 2.22. The first kappa shape index (κ1) is 9.83. The van der Waals surface area contributed by atoms with E-state index in [9.17, 15) is 4.79 Å². The highest BCUT2D eigenvalue weighted by molar-refractivity contribution is 5.80. The van der Waals surface area contributed by atoms with Gasteiger partial charge in [-0.25, -0.2) is 0 Å². The fourth-order valence-electron chi connectivity index (χ4n) is 1.76. The molecule has 1 aliphatic rings. The SMILES string of the molecule is CC1COc2ccccc2N1CC(N)=O. The molecule has 1 amide bonds. The Labute approximate surface area is 88.6 Å². The molecular weight excluding hydrogens is 192 g/mol. The number of hydrogen-bond donors (Lipinski definition) is 1. The van der Waals surface area contributed by atoms with Crippen LogP contribution in [-0.4, -0.2) is 25.1 Å². The number of carbonyl (C=O) groups is 1. The largest absolute Gasteiger partial charge is 0.489 e. The minimum Gasteiger partial charge on any atom is -0.489 e. The van der Waals surface area contributed by atoms with Gasteiger partial charge in [-0.2, -0.15) is 0 Å². The Balaban J connectivity index is 2.32. The fourth-order valence-corrected chi connectivity index (χ4v) is 1.76. The lowest BCUT2D eigenvalue weighted by molar-refractivity contribution is -0.116. The molecule has 2 rings (SSSR count). The smallest absolute Gasteiger partial charge is 0.236 e. The number of nitrogens with zero attached hydrogens (tertiary/aromatic N) is 1. The van der Waals surface area contributed by atoms with Crippen molar-refractivity contribution in [2.45, 2.75) is 13.0 Å². The Morgan fingerprint density at radius 2 is 2.33 bits per heavy atom. The predicted octanol–water partition coefficient (Wildman–Crippen LogP) is 0.759. The molecule has 15 heavy (non-hydrogen) atoms. The van der Waals surface area contributed by atoms with Crippen LogP contribution < -0.4 is 15.4 Å². The van der Waals surface area contributed by atoms with Crippen LogP contribution in [0.1, 0.15) is 6.92 Å². The number of ether oxygens (including phenoxy) is 1. The van der Waals surface area contributed by atoms with Crippen molar-refractivity contribution in [2.75, 3.05) is 18.1 Å². The molecule has 1 aromatic carbocycles. The topological polar surface area (TPSA) is 55.6 Å². The van der Waals surface area contributed by atoms with E-state index in [0.717, 1.165) is 11.4 Å². The van der Waals surface area contributed by atoms with Crippen molar-refractivity contribution in [3.05, 3.63) is 24.3 Å². The molecule has 1 atom stereocenters. The highest BCUT2D eigenvalue weighted by Gasteiger charge is 2.24. The van der Waals surface area contributed by atoms with Gasteiger partial charge in [0.1, 0.15) is 12.4 Å². The summed E-state index contributed by atoms with van der Waals surface area (Å²) in [4.78, 5) is 12.9. The first-order chi connectivity index (χ1) is 7.18. The van der Waals surface area contributed by atoms with E-state index in [1.165, 1.54) is 0 Å². The van der Waals surface area contributed by atoms with Crippen LogP contribution in [-0.2, 0) is 4.79 Å². The summed E-state index contributed by atoms with van der Waals surface area (Å²) in [5, 5.41) is 0. The molecule has 0 fully saturated rings. The zero-order valence-electron chi connectivity index (χ0n) is 8.64. The van der Waals surface area contributed by atoms with Crippen molar-refractivity contribution in [3.63, 3.8) is 0 Å². The molecular formula is C11H14N2O2. The first-order valence-electron chi connectivity index (χ1n) is 4.95. The number of anilines is 1. The third-order valence-electron chi connectivity index (χ3n) is 2.51. The van der Waals surface area contributed by atoms with Crippen molar-refractivity contribution >= 4 is 11.6 Å². The molecule has 0 saturated carbocycles. The van der Waals surface area contributed by atoms with Gasteiger partial charge in [0.05, 0.1) is 18.3 Å². The normalized spacial score (nSPS) is 19.3. The lowest BCUT2D eigenvalue weighted by Crippen LogP contribution is -2.45. The third kappa shape index (κ3) is 1.88. The second kappa shape index (κ2) is 3.81. The van der Waals surface area contributed by atoms with Gasteiger partial charge in [-0.15, -0.1) is 0 Å². The third-order valence-corrected chi connectivity index (χ3v) is 2.51. The summed E-state index contributed by atoms with van der Waals surface area (Å²) in [6, 6.07) is 7.85. The first-order valence-corrected chi connectivity index (χ1v) is 4.95. The van der Waals surface area contributed by atoms with Gasteiger partial charge in [-0.1, -0.05) is 12.1 Å². The molecule has 0 bridgehead atoms. The van der Waals surface area contributed by atoms with Gasteiger partial charge in [0.15, 0.2) is 0 Å². The summed E-state index contributed by atoms with van der Waals surface area (Å²) in [7, 11) is 0. The zero-order valence-corrected chi connectivity index (χ0v) is 8.64. The van der Waals surface area contributed by atoms with Crippen LogP contribution in [0.15, 0.2) is 24.3 Å². The number of rotatable bonds is 2. The summed E-state index contributed by atoms with van der Waals surface area (Å²) in [5.41, 5.74) is 6.16. The van der Waals surface area contributed by atoms with Gasteiger partial charge in [0.25, 0.3) is 0 Å². The number of benzene rings is 1. The van der Waals surface area contributed by atoms with Crippen LogP contribution in [0.2, 0.25) is 0 Å². The number of nitrogens with two attached hydrogens (primary N) is 1. The Bertz CT molecular complexity index is 379. The maximum atomic E-state index is 11.0. The van der Waals surface area contributed by atoms with Crippen LogP contribution in [0.5, 0.6) is 5.75 Å². The summed E-state index contributed by atoms with van der Waals surface area (Å²) in [5.74, 6) is 0.496. The van der Waals surface area contributed by atoms with Crippen molar-refractivity contribution in [1.29, 1.82) is 0 Å². The van der Waals surface area contributed by atoms with Crippen LogP contribution in [0.3, 0.4) is 0 Å². The summed E-state index contributed by atoms with van der Waals surface area (Å²) in [6.07, 6.45) is 0. The molecule has 0 aliphatic carbocycles. The molecule has 4 heteroatoms. The Morgan fingerprint density at radius 1 is 1.60 bits per heavy atom. The Kier molecular flexibility index (Phi) is 2.49. The summed E-state index contributed by atoms with van der Waals surface area (Å²) >= 11 is 0. The lowest BCUT2D eigenvalue weighted by atomic mass is 10.1. The molecule has 1 aromatic rings. The maximum absolute atomic E-state index is 11.0. The average molecular weight is 206 g/mol. The lowest BCUT2D eigenvalue weighted by Gasteiger charge is -2.35. The van der Waals surface area contributed by atoms with E-state index in [-0.39, 0.29) is 18.5 Å². The van der Waals surface area contributed by atoms with E-state index < -0.39 is 0 Å². The monoisotopic (exact) mass is 206 g/mol. The van der Waals surface area contributed by atoms with Crippen molar-refractivity contribution < 1.29 is 9.53 Å². The second-order valence-corrected chi connectivity index (χ2v) is 3.72. The zero-order chi connectivity index (χ0) is 10.8. The fraction of sp³-hybridized carbons (Fsp3) is 0.364. The van der Waals surface area contributed by atoms with Gasteiger partial charge in [-0.05, 0) is 19.1 Å². The number of carbonyl (C=O) groups excluding carboxylic acids is 1. The minimum atomic E-state index is -0.321. The van der Waals surface area contributed by atoms with Gasteiger partial charge < -0.3 is 15.4 Å². The van der Waals surface area contributed by atoms with E-state index in [1.807, 2.05) is 36.1 Å². The molecule has 2 N–H and O–H groups in total. The van der Waals surface area contributed by atoms with Crippen molar-refractivity contribution in [2.24, 2.45) is 5.73 Å². The summed E-state index contributed by atoms with van der Waals surface area (Å²) < 4.78 is 5.55. The quantitative estimate of drug-likeness (QED) is 0.777. The molecule has 4 nitrogen and oxygen atoms in total. The van der Waals surface area contributed by atoms with E-state index in [1.54, 1.807) is 0 Å². The van der Waals surface area contributed by atoms with Gasteiger partial charge in [0.2, 0.25) is 5.91 Å². The molecule has 0 aromatic heterocycles. The van der Waals surface area contributed by atoms with Gasteiger partial charge >= 0.3 is 0 Å². The standard InChI is InChI=1S/C11H14N2O2/c1-8-7-15-10-5-3-2-4-9(10)13(8)6-11(12)14/h2-5,8H,6-7H2,1H3,(H2,12,14). The van der Waals surface area contributed by atoms with Gasteiger partial charge in [0, 0.05) is 0 Å². The van der Waals surface area contributed by atoms with Crippen LogP contribution in [0.4, 0.5) is 5.69 Å². The van der Waals surface area contributed by atoms with Crippen LogP contribution in [0.25, 0.3) is 0 Å². The van der Waals surface area contributed by atoms with E-state index in [2.05, 4.69) is 0 Å². The Morgan fingerprint density at radius 3 is 3.07 bits per heavy atom. The highest BCUT2D eigenvalue weighted by atomic mass is 16.5. The minimum absolute atomic E-state index is 0.174. The number of primary amides is 1. The Hall–Kier alpha value is -1.71.